The van der Waals surface area contributed by atoms with E-state index in [4.69, 9.17) is 4.52 Å². The Morgan fingerprint density at radius 3 is 2.62 bits per heavy atom. The highest BCUT2D eigenvalue weighted by Gasteiger charge is 2.19. The van der Waals surface area contributed by atoms with Gasteiger partial charge in [0.15, 0.2) is 5.82 Å². The number of benzene rings is 2. The third-order valence-corrected chi connectivity index (χ3v) is 5.93. The second-order valence-electron chi connectivity index (χ2n) is 7.46. The molecule has 3 N–H and O–H groups in total. The zero-order chi connectivity index (χ0) is 24.1. The van der Waals surface area contributed by atoms with Crippen LogP contribution in [-0.4, -0.2) is 40.6 Å². The first-order valence-corrected chi connectivity index (χ1v) is 11.6. The zero-order valence-corrected chi connectivity index (χ0v) is 19.4. The normalized spacial score (nSPS) is 12.8. The minimum Gasteiger partial charge on any atom is -0.768 e. The van der Waals surface area contributed by atoms with Crippen LogP contribution >= 0.6 is 0 Å². The van der Waals surface area contributed by atoms with Crippen LogP contribution in [0.4, 0.5) is 17.5 Å². The first-order valence-electron chi connectivity index (χ1n) is 10.6. The Hall–Kier alpha value is -3.67. The van der Waals surface area contributed by atoms with Crippen molar-refractivity contribution in [3.05, 3.63) is 71.7 Å². The van der Waals surface area contributed by atoms with Crippen LogP contribution in [0.1, 0.15) is 29.9 Å². The van der Waals surface area contributed by atoms with Crippen molar-refractivity contribution < 1.29 is 18.4 Å². The number of hydrogen-bond acceptors (Lipinski definition) is 10. The lowest BCUT2D eigenvalue weighted by Crippen LogP contribution is -2.17. The highest BCUT2D eigenvalue weighted by Crippen LogP contribution is 2.30. The van der Waals surface area contributed by atoms with E-state index in [2.05, 4.69) is 30.7 Å². The van der Waals surface area contributed by atoms with Crippen LogP contribution in [0.3, 0.4) is 0 Å². The molecular formula is C23H23N6O4S-. The molecule has 2 aromatic heterocycles. The van der Waals surface area contributed by atoms with Crippen LogP contribution in [0.15, 0.2) is 64.1 Å². The third-order valence-electron chi connectivity index (χ3n) is 5.11. The van der Waals surface area contributed by atoms with Gasteiger partial charge in [0.2, 0.25) is 5.95 Å². The van der Waals surface area contributed by atoms with E-state index >= 15 is 0 Å². The van der Waals surface area contributed by atoms with Crippen molar-refractivity contribution in [3.8, 4) is 11.5 Å². The van der Waals surface area contributed by atoms with Gasteiger partial charge in [-0.1, -0.05) is 42.4 Å². The molecule has 0 saturated carbocycles. The summed E-state index contributed by atoms with van der Waals surface area (Å²) in [5.74, 6) is 1.47. The molecule has 0 radical (unpaired) electrons. The minimum atomic E-state index is -2.31. The van der Waals surface area contributed by atoms with Gasteiger partial charge in [-0.3, -0.25) is 4.21 Å². The van der Waals surface area contributed by atoms with Gasteiger partial charge in [-0.05, 0) is 47.3 Å². The molecule has 0 aliphatic rings. The van der Waals surface area contributed by atoms with Gasteiger partial charge < -0.3 is 24.8 Å². The van der Waals surface area contributed by atoms with Crippen LogP contribution < -0.4 is 10.6 Å². The topological polar surface area (TPSA) is 149 Å². The SMILES string of the molecule is CCc1noc(-c2cnc(Nc3ccc(S(=O)[O-])c(C)c3)nc2N[C@H](CO)c2ccccc2)n1. The van der Waals surface area contributed by atoms with Gasteiger partial charge in [0.05, 0.1) is 12.6 Å². The smallest absolute Gasteiger partial charge is 0.263 e. The molecular weight excluding hydrogens is 456 g/mol. The highest BCUT2D eigenvalue weighted by molar-refractivity contribution is 7.79. The number of rotatable bonds is 9. The summed E-state index contributed by atoms with van der Waals surface area (Å²) in [6, 6.07) is 13.9. The lowest BCUT2D eigenvalue weighted by Gasteiger charge is -2.19. The maximum atomic E-state index is 11.3. The molecule has 2 aromatic carbocycles. The number of nitrogens with one attached hydrogen (secondary N) is 2. The summed E-state index contributed by atoms with van der Waals surface area (Å²) in [6.07, 6.45) is 2.16. The average molecular weight is 480 g/mol. The predicted octanol–water partition coefficient (Wildman–Crippen LogP) is 3.52. The van der Waals surface area contributed by atoms with Crippen LogP contribution in [0.25, 0.3) is 11.5 Å². The van der Waals surface area contributed by atoms with Gasteiger partial charge in [-0.2, -0.15) is 9.97 Å². The summed E-state index contributed by atoms with van der Waals surface area (Å²) < 4.78 is 28.0. The average Bonchev–Trinajstić information content (AvgIpc) is 3.32. The largest absolute Gasteiger partial charge is 0.768 e. The predicted molar refractivity (Wildman–Crippen MR) is 126 cm³/mol. The Labute approximate surface area is 198 Å². The maximum Gasteiger partial charge on any atom is 0.263 e. The fourth-order valence-corrected chi connectivity index (χ4v) is 3.84. The van der Waals surface area contributed by atoms with Crippen molar-refractivity contribution in [1.29, 1.82) is 0 Å². The molecule has 11 heteroatoms. The van der Waals surface area contributed by atoms with E-state index in [0.29, 0.717) is 34.9 Å². The minimum absolute atomic E-state index is 0.173. The van der Waals surface area contributed by atoms with Gasteiger partial charge in [0.1, 0.15) is 11.4 Å². The number of aryl methyl sites for hydroxylation is 2. The lowest BCUT2D eigenvalue weighted by molar-refractivity contribution is 0.276. The van der Waals surface area contributed by atoms with Crippen molar-refractivity contribution in [1.82, 2.24) is 20.1 Å². The quantitative estimate of drug-likeness (QED) is 0.304. The molecule has 4 aromatic rings. The standard InChI is InChI=1S/C23H24N6O4S/c1-3-20-27-22(33-29-20)17-12-24-23(25-16-9-10-19(34(31)32)14(2)11-16)28-21(17)26-18(13-30)15-7-5-4-6-8-15/h4-12,18,30H,3,13H2,1-2H3,(H,31,32)(H2,24,25,26,28)/p-1/t18-/m1/s1. The van der Waals surface area contributed by atoms with Crippen molar-refractivity contribution in [2.24, 2.45) is 0 Å². The van der Waals surface area contributed by atoms with Gasteiger partial charge in [-0.15, -0.1) is 0 Å². The molecule has 0 saturated heterocycles. The molecule has 2 heterocycles. The van der Waals surface area contributed by atoms with E-state index in [-0.39, 0.29) is 23.3 Å². The van der Waals surface area contributed by atoms with Crippen molar-refractivity contribution in [3.63, 3.8) is 0 Å². The Morgan fingerprint density at radius 2 is 1.97 bits per heavy atom. The van der Waals surface area contributed by atoms with Crippen LogP contribution in [-0.2, 0) is 17.5 Å². The van der Waals surface area contributed by atoms with Crippen molar-refractivity contribution >= 4 is 28.5 Å². The van der Waals surface area contributed by atoms with Gasteiger partial charge in [0.25, 0.3) is 5.89 Å². The van der Waals surface area contributed by atoms with E-state index in [9.17, 15) is 13.9 Å². The summed E-state index contributed by atoms with van der Waals surface area (Å²) in [7, 11) is 0. The van der Waals surface area contributed by atoms with E-state index in [0.717, 1.165) is 5.56 Å². The van der Waals surface area contributed by atoms with Gasteiger partial charge >= 0.3 is 0 Å². The molecule has 4 rings (SSSR count). The molecule has 176 valence electrons. The Morgan fingerprint density at radius 1 is 1.18 bits per heavy atom. The molecule has 0 aliphatic heterocycles. The van der Waals surface area contributed by atoms with Crippen LogP contribution in [0.2, 0.25) is 0 Å². The third kappa shape index (κ3) is 5.28. The zero-order valence-electron chi connectivity index (χ0n) is 18.6. The first kappa shape index (κ1) is 23.5. The van der Waals surface area contributed by atoms with E-state index in [1.807, 2.05) is 37.3 Å². The lowest BCUT2D eigenvalue weighted by atomic mass is 10.1. The molecule has 0 aliphatic carbocycles. The van der Waals surface area contributed by atoms with E-state index in [1.165, 1.54) is 6.07 Å². The van der Waals surface area contributed by atoms with Crippen LogP contribution in [0.5, 0.6) is 0 Å². The second kappa shape index (κ2) is 10.5. The second-order valence-corrected chi connectivity index (χ2v) is 8.36. The number of nitrogens with zero attached hydrogens (tertiary/aromatic N) is 4. The summed E-state index contributed by atoms with van der Waals surface area (Å²) in [5, 5.41) is 20.3. The number of hydrogen-bond donors (Lipinski definition) is 3. The molecule has 0 amide bonds. The molecule has 1 unspecified atom stereocenters. The van der Waals surface area contributed by atoms with Crippen molar-refractivity contribution in [2.45, 2.75) is 31.2 Å². The molecule has 0 fully saturated rings. The summed E-state index contributed by atoms with van der Waals surface area (Å²) in [5.41, 5.74) is 2.58. The Balaban J connectivity index is 1.69. The Kier molecular flexibility index (Phi) is 7.26. The maximum absolute atomic E-state index is 11.3. The fraction of sp³-hybridized carbons (Fsp3) is 0.217. The number of aliphatic hydroxyl groups is 1. The Bertz CT molecular complexity index is 1300. The molecule has 34 heavy (non-hydrogen) atoms. The molecule has 10 nitrogen and oxygen atoms in total. The summed E-state index contributed by atoms with van der Waals surface area (Å²) in [6.45, 7) is 3.46. The number of aliphatic hydroxyl groups excluding tert-OH is 1. The van der Waals surface area contributed by atoms with Gasteiger partial charge in [-0.25, -0.2) is 4.98 Å². The van der Waals surface area contributed by atoms with Gasteiger partial charge in [0, 0.05) is 23.2 Å². The number of aromatic nitrogens is 4. The fourth-order valence-electron chi connectivity index (χ4n) is 3.34. The summed E-state index contributed by atoms with van der Waals surface area (Å²) in [4.78, 5) is 13.6. The van der Waals surface area contributed by atoms with E-state index < -0.39 is 17.1 Å². The number of anilines is 3. The van der Waals surface area contributed by atoms with E-state index in [1.54, 1.807) is 25.3 Å². The highest BCUT2D eigenvalue weighted by atomic mass is 32.2. The molecule has 2 atom stereocenters. The summed E-state index contributed by atoms with van der Waals surface area (Å²) >= 11 is -2.31. The first-order chi connectivity index (χ1) is 16.5. The molecule has 0 bridgehead atoms. The van der Waals surface area contributed by atoms with Crippen molar-refractivity contribution in [2.75, 3.05) is 17.2 Å². The molecule has 0 spiro atoms. The van der Waals surface area contributed by atoms with Crippen LogP contribution in [0, 0.1) is 6.92 Å². The monoisotopic (exact) mass is 479 g/mol.